The van der Waals surface area contributed by atoms with Crippen LogP contribution in [0.5, 0.6) is 11.5 Å². The lowest BCUT2D eigenvalue weighted by Gasteiger charge is -2.22. The molecule has 0 bridgehead atoms. The van der Waals surface area contributed by atoms with Gasteiger partial charge in [0.1, 0.15) is 18.1 Å². The molecule has 0 aromatic heterocycles. The molecule has 0 saturated carbocycles. The van der Waals surface area contributed by atoms with Crippen LogP contribution < -0.4 is 20.1 Å². The predicted octanol–water partition coefficient (Wildman–Crippen LogP) is 3.13. The summed E-state index contributed by atoms with van der Waals surface area (Å²) in [7, 11) is 1.59. The maximum absolute atomic E-state index is 12.1. The first-order chi connectivity index (χ1) is 12.8. The van der Waals surface area contributed by atoms with Crippen molar-refractivity contribution in [3.05, 3.63) is 54.1 Å². The van der Waals surface area contributed by atoms with Crippen LogP contribution in [0.15, 0.2) is 48.5 Å². The number of anilines is 1. The van der Waals surface area contributed by atoms with Crippen molar-refractivity contribution in [2.75, 3.05) is 25.6 Å². The molecule has 2 aromatic carbocycles. The number of hydrogen-bond acceptors (Lipinski definition) is 4. The smallest absolute Gasteiger partial charge is 0.313 e. The molecule has 0 aliphatic rings. The lowest BCUT2D eigenvalue weighted by molar-refractivity contribution is -0.136. The zero-order chi connectivity index (χ0) is 19.9. The molecule has 0 aliphatic heterocycles. The van der Waals surface area contributed by atoms with Gasteiger partial charge in [-0.1, -0.05) is 39.0 Å². The molecule has 6 heteroatoms. The van der Waals surface area contributed by atoms with E-state index in [0.29, 0.717) is 11.4 Å². The number of hydrogen-bond donors (Lipinski definition) is 2. The topological polar surface area (TPSA) is 76.7 Å². The molecule has 2 aromatic rings. The second-order valence-corrected chi connectivity index (χ2v) is 7.03. The maximum Gasteiger partial charge on any atom is 0.313 e. The first-order valence-electron chi connectivity index (χ1n) is 8.77. The van der Waals surface area contributed by atoms with Gasteiger partial charge < -0.3 is 20.1 Å². The van der Waals surface area contributed by atoms with E-state index in [2.05, 4.69) is 31.4 Å². The summed E-state index contributed by atoms with van der Waals surface area (Å²) < 4.78 is 10.6. The van der Waals surface area contributed by atoms with Crippen molar-refractivity contribution in [2.45, 2.75) is 26.2 Å². The number of benzene rings is 2. The van der Waals surface area contributed by atoms with Crippen molar-refractivity contribution in [3.8, 4) is 11.5 Å². The van der Waals surface area contributed by atoms with Crippen molar-refractivity contribution >= 4 is 17.5 Å². The lowest BCUT2D eigenvalue weighted by Crippen LogP contribution is -2.38. The predicted molar refractivity (Wildman–Crippen MR) is 105 cm³/mol. The van der Waals surface area contributed by atoms with E-state index < -0.39 is 11.8 Å². The van der Waals surface area contributed by atoms with Crippen LogP contribution in [0.2, 0.25) is 0 Å². The zero-order valence-electron chi connectivity index (χ0n) is 16.2. The Hall–Kier alpha value is -3.02. The second-order valence-electron chi connectivity index (χ2n) is 7.03. The van der Waals surface area contributed by atoms with Gasteiger partial charge in [-0.3, -0.25) is 9.59 Å². The Kier molecular flexibility index (Phi) is 6.82. The molecule has 6 nitrogen and oxygen atoms in total. The fourth-order valence-corrected chi connectivity index (χ4v) is 2.51. The minimum atomic E-state index is -0.698. The number of carbonyl (C=O) groups is 2. The average Bonchev–Trinajstić information content (AvgIpc) is 2.65. The minimum Gasteiger partial charge on any atom is -0.497 e. The first-order valence-corrected chi connectivity index (χ1v) is 8.77. The molecule has 0 saturated heterocycles. The van der Waals surface area contributed by atoms with Crippen LogP contribution in [0.4, 0.5) is 5.69 Å². The minimum absolute atomic E-state index is 0.146. The quantitative estimate of drug-likeness (QED) is 0.605. The highest BCUT2D eigenvalue weighted by Crippen LogP contribution is 2.29. The van der Waals surface area contributed by atoms with Gasteiger partial charge in [0, 0.05) is 5.69 Å². The Morgan fingerprint density at radius 3 is 2.19 bits per heavy atom. The molecule has 0 heterocycles. The van der Waals surface area contributed by atoms with Crippen LogP contribution in [-0.2, 0) is 15.0 Å². The molecule has 2 N–H and O–H groups in total. The third-order valence-corrected chi connectivity index (χ3v) is 3.91. The number of nitrogens with one attached hydrogen (secondary N) is 2. The standard InChI is InChI=1S/C21H26N2O4/c1-21(2,3)17-7-5-6-8-18(17)23-20(25)19(24)22-13-14-27-16-11-9-15(26-4)10-12-16/h5-12H,13-14H2,1-4H3,(H,22,24)(H,23,25). The first kappa shape index (κ1) is 20.3. The van der Waals surface area contributed by atoms with Crippen molar-refractivity contribution in [3.63, 3.8) is 0 Å². The van der Waals surface area contributed by atoms with Crippen molar-refractivity contribution in [1.82, 2.24) is 5.32 Å². The van der Waals surface area contributed by atoms with Crippen LogP contribution in [-0.4, -0.2) is 32.1 Å². The van der Waals surface area contributed by atoms with E-state index in [1.165, 1.54) is 0 Å². The summed E-state index contributed by atoms with van der Waals surface area (Å²) in [6.45, 7) is 6.63. The molecule has 0 spiro atoms. The average molecular weight is 370 g/mol. The molecule has 0 aliphatic carbocycles. The fourth-order valence-electron chi connectivity index (χ4n) is 2.51. The number of para-hydroxylation sites is 1. The van der Waals surface area contributed by atoms with Crippen LogP contribution in [0.1, 0.15) is 26.3 Å². The molecule has 27 heavy (non-hydrogen) atoms. The molecule has 0 radical (unpaired) electrons. The van der Waals surface area contributed by atoms with Gasteiger partial charge in [-0.25, -0.2) is 0 Å². The van der Waals surface area contributed by atoms with Gasteiger partial charge in [0.05, 0.1) is 13.7 Å². The molecular weight excluding hydrogens is 344 g/mol. The highest BCUT2D eigenvalue weighted by molar-refractivity contribution is 6.39. The maximum atomic E-state index is 12.1. The highest BCUT2D eigenvalue weighted by Gasteiger charge is 2.20. The lowest BCUT2D eigenvalue weighted by atomic mass is 9.86. The van der Waals surface area contributed by atoms with E-state index >= 15 is 0 Å². The zero-order valence-corrected chi connectivity index (χ0v) is 16.2. The molecule has 0 unspecified atom stereocenters. The van der Waals surface area contributed by atoms with Gasteiger partial charge >= 0.3 is 11.8 Å². The molecule has 0 fully saturated rings. The van der Waals surface area contributed by atoms with E-state index in [1.807, 2.05) is 18.2 Å². The summed E-state index contributed by atoms with van der Waals surface area (Å²) in [4.78, 5) is 24.2. The van der Waals surface area contributed by atoms with Gasteiger partial charge in [0.2, 0.25) is 0 Å². The third-order valence-electron chi connectivity index (χ3n) is 3.91. The number of rotatable bonds is 6. The second kappa shape index (κ2) is 9.07. The SMILES string of the molecule is COc1ccc(OCCNC(=O)C(=O)Nc2ccccc2C(C)(C)C)cc1. The van der Waals surface area contributed by atoms with Gasteiger partial charge in [-0.2, -0.15) is 0 Å². The summed E-state index contributed by atoms with van der Waals surface area (Å²) in [5, 5.41) is 5.24. The highest BCUT2D eigenvalue weighted by atomic mass is 16.5. The van der Waals surface area contributed by atoms with Crippen molar-refractivity contribution < 1.29 is 19.1 Å². The van der Waals surface area contributed by atoms with Crippen molar-refractivity contribution in [2.24, 2.45) is 0 Å². The summed E-state index contributed by atoms with van der Waals surface area (Å²) in [5.41, 5.74) is 1.46. The van der Waals surface area contributed by atoms with E-state index in [9.17, 15) is 9.59 Å². The van der Waals surface area contributed by atoms with Crippen LogP contribution >= 0.6 is 0 Å². The molecule has 144 valence electrons. The molecular formula is C21H26N2O4. The normalized spacial score (nSPS) is 10.8. The summed E-state index contributed by atoms with van der Waals surface area (Å²) in [5.74, 6) is 0.00431. The van der Waals surface area contributed by atoms with Gasteiger partial charge in [-0.05, 0) is 41.3 Å². The Balaban J connectivity index is 1.81. The van der Waals surface area contributed by atoms with Gasteiger partial charge in [0.25, 0.3) is 0 Å². The Morgan fingerprint density at radius 2 is 1.56 bits per heavy atom. The number of methoxy groups -OCH3 is 1. The largest absolute Gasteiger partial charge is 0.497 e. The van der Waals surface area contributed by atoms with E-state index in [0.717, 1.165) is 11.3 Å². The van der Waals surface area contributed by atoms with Crippen LogP contribution in [0.3, 0.4) is 0 Å². The summed E-state index contributed by atoms with van der Waals surface area (Å²) >= 11 is 0. The van der Waals surface area contributed by atoms with Crippen LogP contribution in [0.25, 0.3) is 0 Å². The molecule has 0 atom stereocenters. The fraction of sp³-hybridized carbons (Fsp3) is 0.333. The van der Waals surface area contributed by atoms with Gasteiger partial charge in [0.15, 0.2) is 0 Å². The number of ether oxygens (including phenoxy) is 2. The molecule has 2 rings (SSSR count). The van der Waals surface area contributed by atoms with Crippen LogP contribution in [0, 0.1) is 0 Å². The van der Waals surface area contributed by atoms with E-state index in [4.69, 9.17) is 9.47 Å². The Bertz CT molecular complexity index is 780. The number of amides is 2. The number of carbonyl (C=O) groups excluding carboxylic acids is 2. The Morgan fingerprint density at radius 1 is 0.926 bits per heavy atom. The third kappa shape index (κ3) is 6.02. The summed E-state index contributed by atoms with van der Waals surface area (Å²) in [6, 6.07) is 14.6. The Labute approximate surface area is 159 Å². The van der Waals surface area contributed by atoms with Crippen molar-refractivity contribution in [1.29, 1.82) is 0 Å². The summed E-state index contributed by atoms with van der Waals surface area (Å²) in [6.07, 6.45) is 0. The van der Waals surface area contributed by atoms with E-state index in [-0.39, 0.29) is 18.6 Å². The molecule has 2 amide bonds. The van der Waals surface area contributed by atoms with Gasteiger partial charge in [-0.15, -0.1) is 0 Å². The van der Waals surface area contributed by atoms with E-state index in [1.54, 1.807) is 37.4 Å². The monoisotopic (exact) mass is 370 g/mol.